The van der Waals surface area contributed by atoms with Gasteiger partial charge in [-0.25, -0.2) is 4.68 Å². The van der Waals surface area contributed by atoms with Gasteiger partial charge in [0.25, 0.3) is 0 Å². The number of ketones is 1. The molecule has 1 unspecified atom stereocenters. The fourth-order valence-electron chi connectivity index (χ4n) is 2.50. The lowest BCUT2D eigenvalue weighted by molar-refractivity contribution is -0.119. The normalized spacial score (nSPS) is 11.7. The van der Waals surface area contributed by atoms with Gasteiger partial charge in [0.05, 0.1) is 0 Å². The summed E-state index contributed by atoms with van der Waals surface area (Å²) in [6.07, 6.45) is 1.86. The minimum atomic E-state index is -0.599. The first-order valence-corrected chi connectivity index (χ1v) is 7.82. The Balaban J connectivity index is 1.82. The van der Waals surface area contributed by atoms with E-state index in [1.54, 1.807) is 24.3 Å². The topological polar surface area (TPSA) is 89.8 Å². The highest BCUT2D eigenvalue weighted by atomic mass is 16.2. The van der Waals surface area contributed by atoms with Crippen molar-refractivity contribution in [1.29, 1.82) is 0 Å². The summed E-state index contributed by atoms with van der Waals surface area (Å²) < 4.78 is 1.43. The average molecular weight is 335 g/mol. The maximum absolute atomic E-state index is 12.8. The number of anilines is 1. The van der Waals surface area contributed by atoms with Crippen LogP contribution in [0, 0.1) is 0 Å². The van der Waals surface area contributed by atoms with E-state index in [2.05, 4.69) is 20.8 Å². The summed E-state index contributed by atoms with van der Waals surface area (Å²) in [4.78, 5) is 24.3. The molecule has 3 rings (SSSR count). The zero-order chi connectivity index (χ0) is 17.6. The number of rotatable bonds is 6. The average Bonchev–Trinajstić information content (AvgIpc) is 3.15. The Morgan fingerprint density at radius 1 is 1.12 bits per heavy atom. The maximum Gasteiger partial charge on any atom is 0.249 e. The van der Waals surface area contributed by atoms with Crippen molar-refractivity contribution < 1.29 is 9.59 Å². The first kappa shape index (κ1) is 16.5. The van der Waals surface area contributed by atoms with Crippen LogP contribution < -0.4 is 5.32 Å². The number of benzene rings is 2. The number of amides is 1. The molecule has 0 spiro atoms. The molecular formula is C18H17N5O2. The number of Topliss-reactive ketones (excluding diaryl/α,β-unsaturated/α-hetero) is 1. The molecule has 0 aliphatic heterocycles. The second kappa shape index (κ2) is 7.48. The zero-order valence-corrected chi connectivity index (χ0v) is 13.7. The molecule has 1 aromatic heterocycles. The van der Waals surface area contributed by atoms with E-state index in [-0.39, 0.29) is 11.7 Å². The maximum atomic E-state index is 12.8. The third-order valence-corrected chi connectivity index (χ3v) is 3.80. The van der Waals surface area contributed by atoms with Crippen LogP contribution in [0.5, 0.6) is 0 Å². The van der Waals surface area contributed by atoms with Crippen molar-refractivity contribution in [2.45, 2.75) is 19.4 Å². The van der Waals surface area contributed by atoms with Gasteiger partial charge >= 0.3 is 0 Å². The molecule has 1 atom stereocenters. The van der Waals surface area contributed by atoms with Gasteiger partial charge in [-0.05, 0) is 35.0 Å². The van der Waals surface area contributed by atoms with Gasteiger partial charge in [-0.3, -0.25) is 9.59 Å². The quantitative estimate of drug-likeness (QED) is 0.698. The fraction of sp³-hybridized carbons (Fsp3) is 0.167. The van der Waals surface area contributed by atoms with Gasteiger partial charge in [-0.1, -0.05) is 42.5 Å². The highest BCUT2D eigenvalue weighted by Crippen LogP contribution is 2.17. The SMILES string of the molecule is CC(=O)c1cccc(NC(=O)C(Cc2ccccc2)n2cnnn2)c1. The standard InChI is InChI=1S/C18H17N5O2/c1-13(24)15-8-5-9-16(11-15)20-18(25)17(23-12-19-21-22-23)10-14-6-3-2-4-7-14/h2-9,11-12,17H,10H2,1H3,(H,20,25). The molecule has 0 aliphatic rings. The van der Waals surface area contributed by atoms with Crippen LogP contribution in [0.15, 0.2) is 60.9 Å². The van der Waals surface area contributed by atoms with Crippen LogP contribution in [0.3, 0.4) is 0 Å². The molecule has 0 saturated heterocycles. The number of nitrogens with one attached hydrogen (secondary N) is 1. The first-order valence-electron chi connectivity index (χ1n) is 7.82. The summed E-state index contributed by atoms with van der Waals surface area (Å²) in [5.41, 5.74) is 2.10. The Morgan fingerprint density at radius 2 is 1.92 bits per heavy atom. The molecule has 0 radical (unpaired) electrons. The lowest BCUT2D eigenvalue weighted by Crippen LogP contribution is -2.28. The van der Waals surface area contributed by atoms with Gasteiger partial charge in [-0.15, -0.1) is 5.10 Å². The Hall–Kier alpha value is -3.35. The minimum Gasteiger partial charge on any atom is -0.324 e. The van der Waals surface area contributed by atoms with E-state index in [0.29, 0.717) is 17.7 Å². The molecule has 1 amide bonds. The first-order chi connectivity index (χ1) is 12.1. The van der Waals surface area contributed by atoms with Crippen molar-refractivity contribution in [3.63, 3.8) is 0 Å². The number of carbonyl (C=O) groups excluding carboxylic acids is 2. The third kappa shape index (κ3) is 4.14. The van der Waals surface area contributed by atoms with Crippen molar-refractivity contribution in [3.8, 4) is 0 Å². The molecule has 1 N–H and O–H groups in total. The van der Waals surface area contributed by atoms with Gasteiger partial charge in [0, 0.05) is 17.7 Å². The molecule has 0 saturated carbocycles. The lowest BCUT2D eigenvalue weighted by atomic mass is 10.1. The van der Waals surface area contributed by atoms with E-state index < -0.39 is 6.04 Å². The molecule has 2 aromatic carbocycles. The molecule has 0 aliphatic carbocycles. The summed E-state index contributed by atoms with van der Waals surface area (Å²) in [5, 5.41) is 13.9. The lowest BCUT2D eigenvalue weighted by Gasteiger charge is -2.16. The molecule has 25 heavy (non-hydrogen) atoms. The number of tetrazole rings is 1. The van der Waals surface area contributed by atoms with E-state index in [1.807, 2.05) is 30.3 Å². The van der Waals surface area contributed by atoms with Crippen LogP contribution in [-0.2, 0) is 11.2 Å². The van der Waals surface area contributed by atoms with E-state index in [4.69, 9.17) is 0 Å². The molecule has 7 nitrogen and oxygen atoms in total. The Morgan fingerprint density at radius 3 is 2.60 bits per heavy atom. The Bertz CT molecular complexity index is 862. The summed E-state index contributed by atoms with van der Waals surface area (Å²) in [6.45, 7) is 1.49. The second-order valence-corrected chi connectivity index (χ2v) is 5.62. The predicted octanol–water partition coefficient (Wildman–Crippen LogP) is 2.30. The second-order valence-electron chi connectivity index (χ2n) is 5.62. The molecule has 7 heteroatoms. The molecule has 3 aromatic rings. The zero-order valence-electron chi connectivity index (χ0n) is 13.7. The van der Waals surface area contributed by atoms with Crippen LogP contribution in [0.2, 0.25) is 0 Å². The number of hydrogen-bond donors (Lipinski definition) is 1. The van der Waals surface area contributed by atoms with E-state index in [9.17, 15) is 9.59 Å². The Kier molecular flexibility index (Phi) is 4.94. The molecular weight excluding hydrogens is 318 g/mol. The summed E-state index contributed by atoms with van der Waals surface area (Å²) in [6, 6.07) is 15.9. The van der Waals surface area contributed by atoms with Crippen molar-refractivity contribution in [1.82, 2.24) is 20.2 Å². The monoisotopic (exact) mass is 335 g/mol. The van der Waals surface area contributed by atoms with E-state index in [1.165, 1.54) is 17.9 Å². The largest absolute Gasteiger partial charge is 0.324 e. The molecule has 0 bridgehead atoms. The highest BCUT2D eigenvalue weighted by molar-refractivity contribution is 5.98. The molecule has 126 valence electrons. The number of nitrogens with zero attached hydrogens (tertiary/aromatic N) is 4. The third-order valence-electron chi connectivity index (χ3n) is 3.80. The van der Waals surface area contributed by atoms with Crippen LogP contribution in [0.4, 0.5) is 5.69 Å². The van der Waals surface area contributed by atoms with Crippen LogP contribution in [-0.4, -0.2) is 31.9 Å². The van der Waals surface area contributed by atoms with Gasteiger partial charge < -0.3 is 5.32 Å². The fourth-order valence-corrected chi connectivity index (χ4v) is 2.50. The predicted molar refractivity (Wildman–Crippen MR) is 92.1 cm³/mol. The van der Waals surface area contributed by atoms with Crippen LogP contribution in [0.25, 0.3) is 0 Å². The molecule has 1 heterocycles. The van der Waals surface area contributed by atoms with Crippen LogP contribution in [0.1, 0.15) is 28.9 Å². The minimum absolute atomic E-state index is 0.0580. The summed E-state index contributed by atoms with van der Waals surface area (Å²) >= 11 is 0. The Labute approximate surface area is 144 Å². The summed E-state index contributed by atoms with van der Waals surface area (Å²) in [7, 11) is 0. The molecule has 0 fully saturated rings. The van der Waals surface area contributed by atoms with Gasteiger partial charge in [0.15, 0.2) is 5.78 Å². The van der Waals surface area contributed by atoms with Crippen molar-refractivity contribution >= 4 is 17.4 Å². The number of carbonyl (C=O) groups is 2. The number of aromatic nitrogens is 4. The van der Waals surface area contributed by atoms with Gasteiger partial charge in [0.1, 0.15) is 12.4 Å². The van der Waals surface area contributed by atoms with E-state index in [0.717, 1.165) is 5.56 Å². The van der Waals surface area contributed by atoms with Gasteiger partial charge in [0.2, 0.25) is 5.91 Å². The van der Waals surface area contributed by atoms with Crippen LogP contribution >= 0.6 is 0 Å². The smallest absolute Gasteiger partial charge is 0.249 e. The van der Waals surface area contributed by atoms with E-state index >= 15 is 0 Å². The highest BCUT2D eigenvalue weighted by Gasteiger charge is 2.22. The van der Waals surface area contributed by atoms with Crippen molar-refractivity contribution in [2.24, 2.45) is 0 Å². The van der Waals surface area contributed by atoms with Crippen molar-refractivity contribution in [2.75, 3.05) is 5.32 Å². The van der Waals surface area contributed by atoms with Crippen molar-refractivity contribution in [3.05, 3.63) is 72.1 Å². The van der Waals surface area contributed by atoms with Gasteiger partial charge in [-0.2, -0.15) is 0 Å². The summed E-state index contributed by atoms with van der Waals surface area (Å²) in [5.74, 6) is -0.311. The number of hydrogen-bond acceptors (Lipinski definition) is 5.